The molecule has 1 unspecified atom stereocenters. The van der Waals surface area contributed by atoms with Gasteiger partial charge in [-0.15, -0.1) is 0 Å². The monoisotopic (exact) mass is 552 g/mol. The first kappa shape index (κ1) is 29.4. The first-order valence-electron chi connectivity index (χ1n) is 12.0. The number of hydrogen-bond donors (Lipinski definition) is 8. The number of benzene rings is 3. The highest BCUT2D eigenvalue weighted by Crippen LogP contribution is 2.33. The molecular weight excluding hydrogens is 524 g/mol. The lowest BCUT2D eigenvalue weighted by molar-refractivity contribution is -0.160. The number of aliphatic hydroxyl groups is 1. The van der Waals surface area contributed by atoms with Crippen LogP contribution >= 0.6 is 0 Å². The third kappa shape index (κ3) is 7.68. The molecule has 8 N–H and O–H groups in total. The Morgan fingerprint density at radius 3 is 1.88 bits per heavy atom. The van der Waals surface area contributed by atoms with Crippen LogP contribution in [0.3, 0.4) is 0 Å². The van der Waals surface area contributed by atoms with Gasteiger partial charge in [0.25, 0.3) is 0 Å². The van der Waals surface area contributed by atoms with Crippen molar-refractivity contribution in [1.29, 1.82) is 0 Å². The Labute approximate surface area is 228 Å². The third-order valence-corrected chi connectivity index (χ3v) is 5.86. The van der Waals surface area contributed by atoms with E-state index >= 15 is 0 Å². The zero-order chi connectivity index (χ0) is 29.4. The van der Waals surface area contributed by atoms with E-state index in [9.17, 15) is 45.3 Å². The first-order valence-corrected chi connectivity index (χ1v) is 12.0. The van der Waals surface area contributed by atoms with E-state index < -0.39 is 35.3 Å². The van der Waals surface area contributed by atoms with E-state index in [1.165, 1.54) is 48.6 Å². The van der Waals surface area contributed by atoms with E-state index in [1.807, 2.05) is 0 Å². The minimum absolute atomic E-state index is 0.0815. The number of carbonyl (C=O) groups excluding carboxylic acids is 1. The maximum atomic E-state index is 12.4. The molecule has 1 atom stereocenters. The maximum Gasteiger partial charge on any atom is 0.345 e. The molecule has 11 heteroatoms. The summed E-state index contributed by atoms with van der Waals surface area (Å²) in [6, 6.07) is 8.79. The number of aliphatic carboxylic acids is 1. The van der Waals surface area contributed by atoms with Crippen LogP contribution in [0, 0.1) is 0 Å². The summed E-state index contributed by atoms with van der Waals surface area (Å²) in [5.74, 6) is -4.91. The number of aliphatic hydroxyl groups excluding tert-OH is 1. The van der Waals surface area contributed by atoms with Crippen molar-refractivity contribution in [3.05, 3.63) is 76.4 Å². The fourth-order valence-electron chi connectivity index (χ4n) is 3.78. The van der Waals surface area contributed by atoms with Crippen molar-refractivity contribution in [2.24, 2.45) is 0 Å². The molecule has 3 aromatic carbocycles. The lowest BCUT2D eigenvalue weighted by Crippen LogP contribution is -2.28. The number of esters is 1. The van der Waals surface area contributed by atoms with E-state index in [1.54, 1.807) is 6.08 Å². The van der Waals surface area contributed by atoms with Crippen LogP contribution in [0.1, 0.15) is 34.2 Å². The predicted octanol–water partition coefficient (Wildman–Crippen LogP) is 3.27. The summed E-state index contributed by atoms with van der Waals surface area (Å²) in [4.78, 5) is 24.1. The average Bonchev–Trinajstić information content (AvgIpc) is 2.90. The second kappa shape index (κ2) is 13.1. The van der Waals surface area contributed by atoms with Crippen LogP contribution < -0.4 is 0 Å². The summed E-state index contributed by atoms with van der Waals surface area (Å²) >= 11 is 0. The summed E-state index contributed by atoms with van der Waals surface area (Å²) in [7, 11) is 0. The number of phenolic OH excluding ortho intramolecular Hbond substituents is 6. The molecular formula is C29H28O11. The summed E-state index contributed by atoms with van der Waals surface area (Å²) in [6.45, 7) is -0.0815. The molecule has 210 valence electrons. The van der Waals surface area contributed by atoms with Gasteiger partial charge in [-0.2, -0.15) is 0 Å². The Hall–Kier alpha value is -5.16. The molecule has 0 fully saturated rings. The van der Waals surface area contributed by atoms with E-state index in [4.69, 9.17) is 9.84 Å². The van der Waals surface area contributed by atoms with Gasteiger partial charge in [-0.1, -0.05) is 18.2 Å². The van der Waals surface area contributed by atoms with Gasteiger partial charge < -0.3 is 45.6 Å². The fourth-order valence-corrected chi connectivity index (χ4v) is 3.78. The molecule has 3 aromatic rings. The summed E-state index contributed by atoms with van der Waals surface area (Å²) in [5.41, 5.74) is 2.02. The zero-order valence-electron chi connectivity index (χ0n) is 21.1. The van der Waals surface area contributed by atoms with E-state index in [2.05, 4.69) is 0 Å². The van der Waals surface area contributed by atoms with Gasteiger partial charge in [-0.05, 0) is 83.1 Å². The molecule has 0 aliphatic heterocycles. The Morgan fingerprint density at radius 2 is 1.27 bits per heavy atom. The highest BCUT2D eigenvalue weighted by atomic mass is 16.6. The van der Waals surface area contributed by atoms with Gasteiger partial charge in [0.1, 0.15) is 0 Å². The lowest BCUT2D eigenvalue weighted by Gasteiger charge is -2.13. The number of phenols is 6. The molecule has 3 rings (SSSR count). The van der Waals surface area contributed by atoms with Crippen molar-refractivity contribution >= 4 is 30.2 Å². The largest absolute Gasteiger partial charge is 0.504 e. The smallest absolute Gasteiger partial charge is 0.345 e. The first-order chi connectivity index (χ1) is 19.0. The fraction of sp³-hybridized carbons (Fsp3) is 0.172. The van der Waals surface area contributed by atoms with E-state index in [-0.39, 0.29) is 35.8 Å². The molecule has 0 radical (unpaired) electrons. The van der Waals surface area contributed by atoms with Crippen molar-refractivity contribution in [3.8, 4) is 34.5 Å². The standard InChI is InChI=1S/C29H28O11/c30-9-1-2-17-12-23(33)24(34)13-18(17)4-5-19-14-25(35)26(36)15-20(19)6-8-28(37)40-27(29(38)39)11-16-3-7-21(31)22(32)10-16/h3-8,10,12-15,27,30-36H,1-2,9,11H2,(H,38,39). The Balaban J connectivity index is 1.84. The number of carbonyl (C=O) groups is 2. The molecule has 0 saturated heterocycles. The lowest BCUT2D eigenvalue weighted by atomic mass is 9.99. The topological polar surface area (TPSA) is 205 Å². The summed E-state index contributed by atoms with van der Waals surface area (Å²) in [5, 5.41) is 77.4. The summed E-state index contributed by atoms with van der Waals surface area (Å²) < 4.78 is 5.04. The van der Waals surface area contributed by atoms with Crippen molar-refractivity contribution < 1.29 is 55.2 Å². The minimum Gasteiger partial charge on any atom is -0.504 e. The molecule has 0 aromatic heterocycles. The van der Waals surface area contributed by atoms with Gasteiger partial charge in [0, 0.05) is 19.1 Å². The Morgan fingerprint density at radius 1 is 0.725 bits per heavy atom. The normalized spacial score (nSPS) is 12.1. The molecule has 0 heterocycles. The van der Waals surface area contributed by atoms with Crippen LogP contribution in [0.4, 0.5) is 0 Å². The Kier molecular flexibility index (Phi) is 9.61. The molecule has 0 aliphatic carbocycles. The Bertz CT molecular complexity index is 1460. The van der Waals surface area contributed by atoms with Crippen molar-refractivity contribution in [1.82, 2.24) is 0 Å². The van der Waals surface area contributed by atoms with Crippen LogP contribution in [-0.2, 0) is 27.2 Å². The molecule has 0 bridgehead atoms. The predicted molar refractivity (Wildman–Crippen MR) is 144 cm³/mol. The number of carboxylic acids is 1. The average molecular weight is 553 g/mol. The molecule has 0 aliphatic rings. The van der Waals surface area contributed by atoms with Crippen molar-refractivity contribution in [2.45, 2.75) is 25.4 Å². The molecule has 0 spiro atoms. The van der Waals surface area contributed by atoms with Gasteiger partial charge >= 0.3 is 11.9 Å². The number of carboxylic acid groups (broad SMARTS) is 1. The number of rotatable bonds is 11. The van der Waals surface area contributed by atoms with Crippen LogP contribution in [0.5, 0.6) is 34.5 Å². The number of hydrogen-bond acceptors (Lipinski definition) is 10. The molecule has 0 amide bonds. The summed E-state index contributed by atoms with van der Waals surface area (Å²) in [6.07, 6.45) is 4.20. The number of ether oxygens (including phenoxy) is 1. The van der Waals surface area contributed by atoms with Gasteiger partial charge in [-0.25, -0.2) is 9.59 Å². The highest BCUT2D eigenvalue weighted by Gasteiger charge is 2.22. The maximum absolute atomic E-state index is 12.4. The van der Waals surface area contributed by atoms with Crippen molar-refractivity contribution in [3.63, 3.8) is 0 Å². The van der Waals surface area contributed by atoms with Crippen LogP contribution in [0.15, 0.2) is 48.5 Å². The minimum atomic E-state index is -1.60. The molecule has 0 saturated carbocycles. The van der Waals surface area contributed by atoms with Gasteiger partial charge in [0.15, 0.2) is 34.5 Å². The van der Waals surface area contributed by atoms with Gasteiger partial charge in [0.05, 0.1) is 0 Å². The van der Waals surface area contributed by atoms with Crippen LogP contribution in [0.25, 0.3) is 18.2 Å². The third-order valence-electron chi connectivity index (χ3n) is 5.86. The molecule has 11 nitrogen and oxygen atoms in total. The van der Waals surface area contributed by atoms with Crippen LogP contribution in [-0.4, -0.2) is 65.5 Å². The van der Waals surface area contributed by atoms with Crippen molar-refractivity contribution in [2.75, 3.05) is 6.61 Å². The second-order valence-electron chi connectivity index (χ2n) is 8.79. The SMILES string of the molecule is O=C(C=Cc1cc(O)c(O)cc1C=Cc1cc(O)c(O)cc1CCCO)OC(Cc1ccc(O)c(O)c1)C(=O)O. The van der Waals surface area contributed by atoms with E-state index in [0.717, 1.165) is 12.1 Å². The quantitative estimate of drug-likeness (QED) is 0.0750. The zero-order valence-corrected chi connectivity index (χ0v) is 21.1. The number of aromatic hydroxyl groups is 6. The number of aryl methyl sites for hydroxylation is 1. The van der Waals surface area contributed by atoms with Crippen LogP contribution in [0.2, 0.25) is 0 Å². The van der Waals surface area contributed by atoms with Gasteiger partial charge in [0.2, 0.25) is 6.10 Å². The molecule has 40 heavy (non-hydrogen) atoms. The van der Waals surface area contributed by atoms with E-state index in [0.29, 0.717) is 35.1 Å². The highest BCUT2D eigenvalue weighted by molar-refractivity contribution is 5.90. The van der Waals surface area contributed by atoms with Gasteiger partial charge in [-0.3, -0.25) is 0 Å². The second-order valence-corrected chi connectivity index (χ2v) is 8.79.